The average molecular weight is 391 g/mol. The molecule has 1 saturated heterocycles. The van der Waals surface area contributed by atoms with E-state index in [9.17, 15) is 0 Å². The van der Waals surface area contributed by atoms with Gasteiger partial charge in [0, 0.05) is 39.3 Å². The fraction of sp³-hybridized carbons (Fsp3) is 0.682. The van der Waals surface area contributed by atoms with Crippen LogP contribution in [0.2, 0.25) is 0 Å². The van der Waals surface area contributed by atoms with Crippen molar-refractivity contribution >= 4 is 5.96 Å². The van der Waals surface area contributed by atoms with Gasteiger partial charge in [0.2, 0.25) is 0 Å². The molecule has 0 radical (unpaired) electrons. The van der Waals surface area contributed by atoms with Crippen LogP contribution in [0.15, 0.2) is 35.3 Å². The minimum atomic E-state index is 0.380. The quantitative estimate of drug-likeness (QED) is 0.449. The molecule has 1 aliphatic rings. The molecule has 0 aliphatic carbocycles. The lowest BCUT2D eigenvalue weighted by atomic mass is 10.1. The summed E-state index contributed by atoms with van der Waals surface area (Å²) in [5, 5.41) is 6.83. The van der Waals surface area contributed by atoms with E-state index >= 15 is 0 Å². The lowest BCUT2D eigenvalue weighted by molar-refractivity contribution is 0.0320. The number of hydrogen-bond acceptors (Lipinski definition) is 4. The van der Waals surface area contributed by atoms with Gasteiger partial charge in [-0.3, -0.25) is 9.89 Å². The number of aliphatic imine (C=N–C) groups is 1. The molecule has 6 heteroatoms. The molecule has 2 N–H and O–H groups in total. The molecule has 6 nitrogen and oxygen atoms in total. The third-order valence-corrected chi connectivity index (χ3v) is 4.71. The molecule has 158 valence electrons. The molecule has 1 fully saturated rings. The zero-order chi connectivity index (χ0) is 20.0. The number of rotatable bonds is 11. The number of ether oxygens (including phenoxy) is 2. The normalized spacial score (nSPS) is 17.9. The molecule has 0 saturated carbocycles. The third kappa shape index (κ3) is 9.53. The van der Waals surface area contributed by atoms with Gasteiger partial charge in [-0.1, -0.05) is 44.2 Å². The van der Waals surface area contributed by atoms with Crippen molar-refractivity contribution in [3.8, 4) is 0 Å². The first-order valence-corrected chi connectivity index (χ1v) is 10.6. The number of nitrogens with zero attached hydrogens (tertiary/aromatic N) is 2. The highest BCUT2D eigenvalue weighted by atomic mass is 16.5. The maximum atomic E-state index is 5.83. The van der Waals surface area contributed by atoms with Crippen LogP contribution in [0.1, 0.15) is 26.3 Å². The molecule has 2 rings (SSSR count). The van der Waals surface area contributed by atoms with Gasteiger partial charge in [-0.05, 0) is 24.3 Å². The van der Waals surface area contributed by atoms with Crippen LogP contribution in [0, 0.1) is 11.8 Å². The van der Waals surface area contributed by atoms with Crippen molar-refractivity contribution in [2.24, 2.45) is 16.8 Å². The summed E-state index contributed by atoms with van der Waals surface area (Å²) in [5.41, 5.74) is 1.21. The number of nitrogens with one attached hydrogen (secondary N) is 2. The van der Waals surface area contributed by atoms with E-state index in [0.29, 0.717) is 25.0 Å². The van der Waals surface area contributed by atoms with E-state index in [0.717, 1.165) is 58.4 Å². The average Bonchev–Trinajstić information content (AvgIpc) is 2.71. The van der Waals surface area contributed by atoms with Gasteiger partial charge >= 0.3 is 0 Å². The minimum absolute atomic E-state index is 0.380. The van der Waals surface area contributed by atoms with Gasteiger partial charge in [0.1, 0.15) is 0 Å². The Morgan fingerprint density at radius 1 is 1.14 bits per heavy atom. The monoisotopic (exact) mass is 390 g/mol. The van der Waals surface area contributed by atoms with Crippen molar-refractivity contribution in [2.45, 2.75) is 27.4 Å². The molecule has 1 aliphatic heterocycles. The van der Waals surface area contributed by atoms with Gasteiger partial charge in [0.25, 0.3) is 0 Å². The number of morpholine rings is 1. The van der Waals surface area contributed by atoms with E-state index in [4.69, 9.17) is 14.5 Å². The lowest BCUT2D eigenvalue weighted by Gasteiger charge is -2.29. The molecule has 28 heavy (non-hydrogen) atoms. The lowest BCUT2D eigenvalue weighted by Crippen LogP contribution is -2.44. The molecule has 1 aromatic rings. The van der Waals surface area contributed by atoms with Crippen LogP contribution in [0.25, 0.3) is 0 Å². The van der Waals surface area contributed by atoms with E-state index in [-0.39, 0.29) is 0 Å². The zero-order valence-electron chi connectivity index (χ0n) is 17.8. The van der Waals surface area contributed by atoms with E-state index in [1.165, 1.54) is 5.56 Å². The Hall–Kier alpha value is -1.63. The van der Waals surface area contributed by atoms with Crippen molar-refractivity contribution in [2.75, 3.05) is 59.1 Å². The van der Waals surface area contributed by atoms with Gasteiger partial charge in [-0.2, -0.15) is 0 Å². The van der Waals surface area contributed by atoms with Crippen LogP contribution < -0.4 is 10.6 Å². The Morgan fingerprint density at radius 2 is 1.89 bits per heavy atom. The Morgan fingerprint density at radius 3 is 2.61 bits per heavy atom. The molecular weight excluding hydrogens is 352 g/mol. The first-order valence-electron chi connectivity index (χ1n) is 10.6. The topological polar surface area (TPSA) is 58.1 Å². The van der Waals surface area contributed by atoms with Crippen LogP contribution in [0.5, 0.6) is 0 Å². The highest BCUT2D eigenvalue weighted by molar-refractivity contribution is 5.79. The second kappa shape index (κ2) is 13.5. The largest absolute Gasteiger partial charge is 0.379 e. The highest BCUT2D eigenvalue weighted by Crippen LogP contribution is 2.04. The Bertz CT molecular complexity index is 547. The van der Waals surface area contributed by atoms with Gasteiger partial charge in [-0.15, -0.1) is 0 Å². The summed E-state index contributed by atoms with van der Waals surface area (Å²) in [6.45, 7) is 15.4. The molecule has 1 aromatic carbocycles. The fourth-order valence-corrected chi connectivity index (χ4v) is 3.15. The Balaban J connectivity index is 1.66. The van der Waals surface area contributed by atoms with Crippen molar-refractivity contribution in [1.82, 2.24) is 15.5 Å². The van der Waals surface area contributed by atoms with Crippen molar-refractivity contribution in [3.05, 3.63) is 35.9 Å². The van der Waals surface area contributed by atoms with Crippen LogP contribution in [-0.4, -0.2) is 69.9 Å². The Kier molecular flexibility index (Phi) is 10.9. The standard InChI is InChI=1S/C22H38N4O2/c1-4-23-22(24-14-19(2)16-26-10-12-27-13-11-26)25-15-20(3)17-28-18-21-8-6-5-7-9-21/h5-9,19-20H,4,10-18H2,1-3H3,(H2,23,24,25). The van der Waals surface area contributed by atoms with E-state index in [1.807, 2.05) is 18.2 Å². The van der Waals surface area contributed by atoms with Gasteiger partial charge < -0.3 is 20.1 Å². The predicted octanol–water partition coefficient (Wildman–Crippen LogP) is 2.36. The second-order valence-electron chi connectivity index (χ2n) is 7.72. The fourth-order valence-electron chi connectivity index (χ4n) is 3.15. The van der Waals surface area contributed by atoms with Gasteiger partial charge in [-0.25, -0.2) is 0 Å². The predicted molar refractivity (Wildman–Crippen MR) is 116 cm³/mol. The molecule has 2 unspecified atom stereocenters. The van der Waals surface area contributed by atoms with Crippen molar-refractivity contribution in [3.63, 3.8) is 0 Å². The molecule has 0 aromatic heterocycles. The molecule has 0 spiro atoms. The first-order chi connectivity index (χ1) is 13.7. The number of hydrogen-bond donors (Lipinski definition) is 2. The maximum absolute atomic E-state index is 5.83. The summed E-state index contributed by atoms with van der Waals surface area (Å²) in [6.07, 6.45) is 0. The van der Waals surface area contributed by atoms with Crippen LogP contribution >= 0.6 is 0 Å². The third-order valence-electron chi connectivity index (χ3n) is 4.71. The summed E-state index contributed by atoms with van der Waals surface area (Å²) in [5.74, 6) is 1.84. The summed E-state index contributed by atoms with van der Waals surface area (Å²) in [7, 11) is 0. The first kappa shape index (κ1) is 22.7. The van der Waals surface area contributed by atoms with Gasteiger partial charge in [0.05, 0.1) is 26.4 Å². The van der Waals surface area contributed by atoms with E-state index < -0.39 is 0 Å². The van der Waals surface area contributed by atoms with E-state index in [2.05, 4.69) is 48.4 Å². The maximum Gasteiger partial charge on any atom is 0.191 e. The second-order valence-corrected chi connectivity index (χ2v) is 7.72. The van der Waals surface area contributed by atoms with E-state index in [1.54, 1.807) is 0 Å². The molecule has 2 atom stereocenters. The smallest absolute Gasteiger partial charge is 0.191 e. The van der Waals surface area contributed by atoms with Gasteiger partial charge in [0.15, 0.2) is 5.96 Å². The van der Waals surface area contributed by atoms with Crippen molar-refractivity contribution < 1.29 is 9.47 Å². The Labute approximate surface area is 170 Å². The molecular formula is C22H38N4O2. The van der Waals surface area contributed by atoms with Crippen LogP contribution in [0.4, 0.5) is 0 Å². The molecule has 0 bridgehead atoms. The zero-order valence-corrected chi connectivity index (χ0v) is 17.8. The molecule has 0 amide bonds. The summed E-state index contributed by atoms with van der Waals surface area (Å²) in [6, 6.07) is 10.3. The van der Waals surface area contributed by atoms with Crippen molar-refractivity contribution in [1.29, 1.82) is 0 Å². The van der Waals surface area contributed by atoms with Crippen LogP contribution in [0.3, 0.4) is 0 Å². The van der Waals surface area contributed by atoms with Crippen LogP contribution in [-0.2, 0) is 16.1 Å². The summed E-state index contributed by atoms with van der Waals surface area (Å²) in [4.78, 5) is 7.22. The summed E-state index contributed by atoms with van der Waals surface area (Å²) < 4.78 is 11.3. The summed E-state index contributed by atoms with van der Waals surface area (Å²) >= 11 is 0. The number of guanidine groups is 1. The molecule has 1 heterocycles. The number of benzene rings is 1. The minimum Gasteiger partial charge on any atom is -0.379 e. The highest BCUT2D eigenvalue weighted by Gasteiger charge is 2.14. The SMILES string of the molecule is CCNC(=NCC(C)COCc1ccccc1)NCC(C)CN1CCOCC1.